The molecule has 0 bridgehead atoms. The van der Waals surface area contributed by atoms with E-state index in [9.17, 15) is 13.2 Å². The Kier molecular flexibility index (Phi) is 4.89. The zero-order valence-electron chi connectivity index (χ0n) is 15.0. The van der Waals surface area contributed by atoms with Crippen LogP contribution in [0, 0.1) is 13.8 Å². The first-order valence-electron chi connectivity index (χ1n) is 8.59. The van der Waals surface area contributed by atoms with Gasteiger partial charge in [0.2, 0.25) is 0 Å². The summed E-state index contributed by atoms with van der Waals surface area (Å²) in [6.07, 6.45) is -2.66. The van der Waals surface area contributed by atoms with Gasteiger partial charge in [0.1, 0.15) is 5.82 Å². The summed E-state index contributed by atoms with van der Waals surface area (Å²) in [6.45, 7) is 6.38. The molecule has 3 aromatic rings. The number of hydrogen-bond acceptors (Lipinski definition) is 3. The van der Waals surface area contributed by atoms with E-state index in [1.807, 2.05) is 6.92 Å². The Morgan fingerprint density at radius 1 is 1.12 bits per heavy atom. The maximum Gasteiger partial charge on any atom is 0.435 e. The van der Waals surface area contributed by atoms with Crippen LogP contribution in [0.1, 0.15) is 36.7 Å². The van der Waals surface area contributed by atoms with Crippen LogP contribution in [-0.4, -0.2) is 21.1 Å². The zero-order valence-corrected chi connectivity index (χ0v) is 15.0. The van der Waals surface area contributed by atoms with Crippen LogP contribution in [0.25, 0.3) is 16.8 Å². The summed E-state index contributed by atoms with van der Waals surface area (Å²) in [7, 11) is 0. The third-order valence-corrected chi connectivity index (χ3v) is 4.16. The van der Waals surface area contributed by atoms with Crippen molar-refractivity contribution < 1.29 is 13.2 Å². The lowest BCUT2D eigenvalue weighted by atomic mass is 10.0. The number of unbranched alkanes of at least 4 members (excludes halogenated alkanes) is 1. The molecule has 1 aromatic carbocycles. The molecule has 0 fully saturated rings. The van der Waals surface area contributed by atoms with Crippen LogP contribution in [0.2, 0.25) is 0 Å². The quantitative estimate of drug-likeness (QED) is 0.631. The van der Waals surface area contributed by atoms with Gasteiger partial charge >= 0.3 is 6.18 Å². The molecule has 2 aromatic heterocycles. The molecule has 0 amide bonds. The molecule has 3 rings (SSSR count). The Hall–Kier alpha value is -2.57. The fraction of sp³-hybridized carbons (Fsp3) is 0.368. The number of aryl methyl sites for hydroxylation is 2. The fourth-order valence-corrected chi connectivity index (χ4v) is 2.84. The topological polar surface area (TPSA) is 42.2 Å². The first-order chi connectivity index (χ1) is 12.3. The smallest absolute Gasteiger partial charge is 0.370 e. The van der Waals surface area contributed by atoms with E-state index in [0.29, 0.717) is 23.6 Å². The summed E-state index contributed by atoms with van der Waals surface area (Å²) in [5.74, 6) is 0.518. The molecule has 0 aliphatic heterocycles. The first kappa shape index (κ1) is 18.2. The van der Waals surface area contributed by atoms with Crippen molar-refractivity contribution in [3.05, 3.63) is 47.3 Å². The number of hydrogen-bond donors (Lipinski definition) is 1. The Labute approximate surface area is 150 Å². The predicted octanol–water partition coefficient (Wildman–Crippen LogP) is 5.24. The Balaban J connectivity index is 2.25. The Bertz CT molecular complexity index is 911. The highest BCUT2D eigenvalue weighted by Crippen LogP contribution is 2.39. The number of halogens is 3. The fourth-order valence-electron chi connectivity index (χ4n) is 2.84. The largest absolute Gasteiger partial charge is 0.435 e. The van der Waals surface area contributed by atoms with Crippen molar-refractivity contribution >= 4 is 11.5 Å². The summed E-state index contributed by atoms with van der Waals surface area (Å²) in [6, 6.07) is 8.64. The van der Waals surface area contributed by atoms with E-state index in [0.717, 1.165) is 18.4 Å². The van der Waals surface area contributed by atoms with Crippen molar-refractivity contribution in [2.45, 2.75) is 39.8 Å². The minimum Gasteiger partial charge on any atom is -0.370 e. The monoisotopic (exact) mass is 362 g/mol. The van der Waals surface area contributed by atoms with Gasteiger partial charge in [-0.25, -0.2) is 4.98 Å². The number of benzene rings is 1. The second-order valence-electron chi connectivity index (χ2n) is 6.39. The number of nitrogens with zero attached hydrogens (tertiary/aromatic N) is 3. The van der Waals surface area contributed by atoms with Crippen molar-refractivity contribution in [3.8, 4) is 11.1 Å². The van der Waals surface area contributed by atoms with Crippen molar-refractivity contribution in [2.75, 3.05) is 11.9 Å². The van der Waals surface area contributed by atoms with Crippen LogP contribution in [0.5, 0.6) is 0 Å². The lowest BCUT2D eigenvalue weighted by molar-refractivity contribution is -0.140. The SMILES string of the molecule is CCCCNc1cc(C)nc2c(-c3ccc(C)cc3)c(C(F)(F)F)nn12. The molecule has 7 heteroatoms. The zero-order chi connectivity index (χ0) is 18.9. The molecule has 2 heterocycles. The van der Waals surface area contributed by atoms with Crippen molar-refractivity contribution in [1.82, 2.24) is 14.6 Å². The number of anilines is 1. The van der Waals surface area contributed by atoms with Crippen molar-refractivity contribution in [1.29, 1.82) is 0 Å². The van der Waals surface area contributed by atoms with Crippen LogP contribution >= 0.6 is 0 Å². The summed E-state index contributed by atoms with van der Waals surface area (Å²) in [5.41, 5.74) is 1.37. The molecule has 138 valence electrons. The first-order valence-corrected chi connectivity index (χ1v) is 8.59. The van der Waals surface area contributed by atoms with E-state index in [1.54, 1.807) is 37.3 Å². The van der Waals surface area contributed by atoms with Gasteiger partial charge < -0.3 is 5.32 Å². The van der Waals surface area contributed by atoms with E-state index >= 15 is 0 Å². The number of nitrogens with one attached hydrogen (secondary N) is 1. The van der Waals surface area contributed by atoms with Gasteiger partial charge in [-0.1, -0.05) is 43.2 Å². The molecule has 0 radical (unpaired) electrons. The highest BCUT2D eigenvalue weighted by molar-refractivity contribution is 5.81. The van der Waals surface area contributed by atoms with E-state index < -0.39 is 11.9 Å². The van der Waals surface area contributed by atoms with Gasteiger partial charge in [-0.2, -0.15) is 22.8 Å². The maximum absolute atomic E-state index is 13.7. The average molecular weight is 362 g/mol. The van der Waals surface area contributed by atoms with E-state index in [4.69, 9.17) is 0 Å². The van der Waals surface area contributed by atoms with Gasteiger partial charge in [-0.05, 0) is 25.8 Å². The number of rotatable bonds is 5. The summed E-state index contributed by atoms with van der Waals surface area (Å²) < 4.78 is 42.3. The average Bonchev–Trinajstić information content (AvgIpc) is 2.95. The second kappa shape index (κ2) is 6.97. The van der Waals surface area contributed by atoms with Gasteiger partial charge in [-0.15, -0.1) is 0 Å². The predicted molar refractivity (Wildman–Crippen MR) is 96.3 cm³/mol. The molecular weight excluding hydrogens is 341 g/mol. The van der Waals surface area contributed by atoms with Crippen LogP contribution < -0.4 is 5.32 Å². The van der Waals surface area contributed by atoms with Gasteiger partial charge in [0.05, 0.1) is 5.56 Å². The number of alkyl halides is 3. The van der Waals surface area contributed by atoms with Gasteiger partial charge in [0.15, 0.2) is 11.3 Å². The molecular formula is C19H21F3N4. The van der Waals surface area contributed by atoms with Crippen LogP contribution in [-0.2, 0) is 6.18 Å². The van der Waals surface area contributed by atoms with E-state index in [-0.39, 0.29) is 11.2 Å². The highest BCUT2D eigenvalue weighted by atomic mass is 19.4. The normalized spacial score (nSPS) is 11.9. The summed E-state index contributed by atoms with van der Waals surface area (Å²) in [4.78, 5) is 4.36. The molecule has 0 saturated heterocycles. The third kappa shape index (κ3) is 3.52. The molecule has 0 saturated carbocycles. The third-order valence-electron chi connectivity index (χ3n) is 4.16. The molecule has 0 unspecified atom stereocenters. The number of fused-ring (bicyclic) bond motifs is 1. The van der Waals surface area contributed by atoms with Crippen LogP contribution in [0.3, 0.4) is 0 Å². The van der Waals surface area contributed by atoms with Gasteiger partial charge in [-0.3, -0.25) is 0 Å². The lowest BCUT2D eigenvalue weighted by Crippen LogP contribution is -2.10. The molecule has 0 aliphatic rings. The highest BCUT2D eigenvalue weighted by Gasteiger charge is 2.39. The van der Waals surface area contributed by atoms with Crippen molar-refractivity contribution in [2.24, 2.45) is 0 Å². The molecule has 0 aliphatic carbocycles. The maximum atomic E-state index is 13.7. The second-order valence-corrected chi connectivity index (χ2v) is 6.39. The molecule has 0 spiro atoms. The lowest BCUT2D eigenvalue weighted by Gasteiger charge is -2.09. The minimum absolute atomic E-state index is 0.0136. The summed E-state index contributed by atoms with van der Waals surface area (Å²) >= 11 is 0. The number of aromatic nitrogens is 3. The minimum atomic E-state index is -4.57. The van der Waals surface area contributed by atoms with Gasteiger partial charge in [0.25, 0.3) is 0 Å². The Morgan fingerprint density at radius 3 is 2.42 bits per heavy atom. The van der Waals surface area contributed by atoms with Crippen LogP contribution in [0.4, 0.5) is 19.0 Å². The van der Waals surface area contributed by atoms with Crippen LogP contribution in [0.15, 0.2) is 30.3 Å². The van der Waals surface area contributed by atoms with E-state index in [2.05, 4.69) is 22.3 Å². The molecule has 0 atom stereocenters. The Morgan fingerprint density at radius 2 is 1.81 bits per heavy atom. The molecule has 26 heavy (non-hydrogen) atoms. The molecule has 1 N–H and O–H groups in total. The van der Waals surface area contributed by atoms with Crippen molar-refractivity contribution in [3.63, 3.8) is 0 Å². The van der Waals surface area contributed by atoms with E-state index in [1.165, 1.54) is 4.52 Å². The standard InChI is InChI=1S/C19H21F3N4/c1-4-5-10-23-15-11-13(3)24-18-16(14-8-6-12(2)7-9-14)17(19(20,21)22)25-26(15)18/h6-9,11,23H,4-5,10H2,1-3H3. The van der Waals surface area contributed by atoms with Gasteiger partial charge in [0, 0.05) is 18.3 Å². The molecule has 4 nitrogen and oxygen atoms in total. The summed E-state index contributed by atoms with van der Waals surface area (Å²) in [5, 5.41) is 7.04.